The van der Waals surface area contributed by atoms with Crippen LogP contribution < -0.4 is 5.32 Å². The first kappa shape index (κ1) is 39.2. The minimum absolute atomic E-state index is 0.00334. The van der Waals surface area contributed by atoms with Gasteiger partial charge in [0.25, 0.3) is 0 Å². The molecule has 1 aliphatic carbocycles. The third kappa shape index (κ3) is 9.77. The van der Waals surface area contributed by atoms with Crippen molar-refractivity contribution >= 4 is 23.9 Å². The lowest BCUT2D eigenvalue weighted by Crippen LogP contribution is -2.45. The number of aliphatic hydroxyl groups is 1. The summed E-state index contributed by atoms with van der Waals surface area (Å²) in [7, 11) is 0. The number of aromatic hydroxyl groups is 1. The molecule has 4 aromatic rings. The second-order valence-electron chi connectivity index (χ2n) is 14.7. The van der Waals surface area contributed by atoms with Gasteiger partial charge in [0.2, 0.25) is 11.7 Å². The number of para-hydroxylation sites is 1. The van der Waals surface area contributed by atoms with Gasteiger partial charge < -0.3 is 34.5 Å². The Labute approximate surface area is 321 Å². The molecule has 10 nitrogen and oxygen atoms in total. The summed E-state index contributed by atoms with van der Waals surface area (Å²) in [6, 6.07) is 32.3. The predicted molar refractivity (Wildman–Crippen MR) is 207 cm³/mol. The van der Waals surface area contributed by atoms with Crippen LogP contribution in [0.15, 0.2) is 127 Å². The monoisotopic (exact) mass is 745 g/mol. The lowest BCUT2D eigenvalue weighted by molar-refractivity contribution is -0.157. The van der Waals surface area contributed by atoms with E-state index >= 15 is 0 Å². The number of hydrogen-bond acceptors (Lipinski definition) is 9. The van der Waals surface area contributed by atoms with Gasteiger partial charge >= 0.3 is 11.9 Å². The number of allylic oxidation sites excluding steroid dienone is 1. The molecule has 1 heterocycles. The SMILES string of the molecule is CC(C)(C)OC(=O)CC[C@@H](CO)NC(=O)C1=C[C@H]2OC(c3ccccc3)(c3ccccc3)O[C@H]2[C@H](OC(=O)c2cccc(C=CCc3ccccc3O)c2)C1. The van der Waals surface area contributed by atoms with Crippen molar-refractivity contribution < 1.29 is 43.5 Å². The van der Waals surface area contributed by atoms with E-state index in [2.05, 4.69) is 5.32 Å². The number of hydrogen-bond donors (Lipinski definition) is 3. The highest BCUT2D eigenvalue weighted by atomic mass is 16.8. The number of fused-ring (bicyclic) bond motifs is 1. The Bertz CT molecular complexity index is 1980. The van der Waals surface area contributed by atoms with Crippen LogP contribution in [-0.4, -0.2) is 64.6 Å². The highest BCUT2D eigenvalue weighted by molar-refractivity contribution is 5.94. The molecule has 1 fully saturated rings. The van der Waals surface area contributed by atoms with Crippen LogP contribution in [0.1, 0.15) is 72.6 Å². The van der Waals surface area contributed by atoms with Crippen molar-refractivity contribution in [3.8, 4) is 5.75 Å². The van der Waals surface area contributed by atoms with Gasteiger partial charge in [0.15, 0.2) is 0 Å². The number of aliphatic hydroxyl groups excluding tert-OH is 1. The minimum Gasteiger partial charge on any atom is -0.508 e. The van der Waals surface area contributed by atoms with Gasteiger partial charge in [0.05, 0.1) is 18.2 Å². The molecule has 0 saturated carbocycles. The summed E-state index contributed by atoms with van der Waals surface area (Å²) in [5.74, 6) is -2.68. The van der Waals surface area contributed by atoms with Crippen molar-refractivity contribution in [2.75, 3.05) is 6.61 Å². The van der Waals surface area contributed by atoms with Crippen LogP contribution in [0.4, 0.5) is 0 Å². The van der Waals surface area contributed by atoms with E-state index in [1.807, 2.05) is 91.0 Å². The van der Waals surface area contributed by atoms with E-state index in [9.17, 15) is 24.6 Å². The highest BCUT2D eigenvalue weighted by Crippen LogP contribution is 2.47. The molecule has 4 atom stereocenters. The normalized spacial score (nSPS) is 19.6. The lowest BCUT2D eigenvalue weighted by Gasteiger charge is -2.31. The van der Waals surface area contributed by atoms with Gasteiger partial charge in [-0.25, -0.2) is 4.79 Å². The van der Waals surface area contributed by atoms with Crippen molar-refractivity contribution in [1.82, 2.24) is 5.32 Å². The molecule has 4 aromatic carbocycles. The molecule has 55 heavy (non-hydrogen) atoms. The third-order valence-corrected chi connectivity index (χ3v) is 9.37. The fourth-order valence-corrected chi connectivity index (χ4v) is 6.74. The summed E-state index contributed by atoms with van der Waals surface area (Å²) >= 11 is 0. The zero-order valence-corrected chi connectivity index (χ0v) is 31.2. The zero-order chi connectivity index (χ0) is 39.0. The van der Waals surface area contributed by atoms with E-state index in [1.54, 1.807) is 57.2 Å². The van der Waals surface area contributed by atoms with Gasteiger partial charge in [-0.1, -0.05) is 103 Å². The van der Waals surface area contributed by atoms with Gasteiger partial charge in [-0.2, -0.15) is 0 Å². The first-order valence-corrected chi connectivity index (χ1v) is 18.5. The zero-order valence-electron chi connectivity index (χ0n) is 31.2. The molecule has 10 heteroatoms. The van der Waals surface area contributed by atoms with Gasteiger partial charge in [0, 0.05) is 29.5 Å². The Kier molecular flexibility index (Phi) is 12.3. The maximum atomic E-state index is 13.9. The van der Waals surface area contributed by atoms with Crippen LogP contribution in [-0.2, 0) is 40.7 Å². The molecule has 3 N–H and O–H groups in total. The molecular formula is C45H47NO9. The molecule has 1 amide bonds. The van der Waals surface area contributed by atoms with E-state index in [4.69, 9.17) is 18.9 Å². The molecule has 0 radical (unpaired) electrons. The number of ether oxygens (including phenoxy) is 4. The van der Waals surface area contributed by atoms with Crippen LogP contribution in [0.5, 0.6) is 5.75 Å². The van der Waals surface area contributed by atoms with E-state index in [0.29, 0.717) is 12.0 Å². The summed E-state index contributed by atoms with van der Waals surface area (Å²) in [5, 5.41) is 23.1. The third-order valence-electron chi connectivity index (χ3n) is 9.37. The van der Waals surface area contributed by atoms with Crippen LogP contribution >= 0.6 is 0 Å². The van der Waals surface area contributed by atoms with Crippen molar-refractivity contribution in [2.24, 2.45) is 0 Å². The smallest absolute Gasteiger partial charge is 0.338 e. The average molecular weight is 746 g/mol. The Morgan fingerprint density at radius 2 is 1.58 bits per heavy atom. The van der Waals surface area contributed by atoms with Crippen LogP contribution in [0.2, 0.25) is 0 Å². The minimum atomic E-state index is -1.37. The van der Waals surface area contributed by atoms with Crippen LogP contribution in [0.3, 0.4) is 0 Å². The van der Waals surface area contributed by atoms with Crippen molar-refractivity contribution in [2.45, 2.75) is 82.2 Å². The topological polar surface area (TPSA) is 141 Å². The number of nitrogens with one attached hydrogen (secondary N) is 1. The molecule has 0 bridgehead atoms. The molecule has 1 aliphatic heterocycles. The van der Waals surface area contributed by atoms with Crippen molar-refractivity contribution in [3.05, 3.63) is 155 Å². The van der Waals surface area contributed by atoms with Crippen LogP contribution in [0.25, 0.3) is 6.08 Å². The summed E-state index contributed by atoms with van der Waals surface area (Å²) in [6.07, 6.45) is 3.62. The molecule has 0 unspecified atom stereocenters. The maximum absolute atomic E-state index is 13.9. The largest absolute Gasteiger partial charge is 0.508 e. The lowest BCUT2D eigenvalue weighted by atomic mass is 9.91. The first-order chi connectivity index (χ1) is 26.4. The Balaban J connectivity index is 1.25. The second-order valence-corrected chi connectivity index (χ2v) is 14.7. The Morgan fingerprint density at radius 1 is 0.909 bits per heavy atom. The number of esters is 2. The summed E-state index contributed by atoms with van der Waals surface area (Å²) < 4.78 is 25.2. The van der Waals surface area contributed by atoms with Gasteiger partial charge in [-0.15, -0.1) is 0 Å². The van der Waals surface area contributed by atoms with Crippen molar-refractivity contribution in [1.29, 1.82) is 0 Å². The fourth-order valence-electron chi connectivity index (χ4n) is 6.74. The Hall–Kier alpha value is -5.55. The first-order valence-electron chi connectivity index (χ1n) is 18.5. The van der Waals surface area contributed by atoms with Crippen LogP contribution in [0, 0.1) is 0 Å². The average Bonchev–Trinajstić information content (AvgIpc) is 3.59. The van der Waals surface area contributed by atoms with Crippen molar-refractivity contribution in [3.63, 3.8) is 0 Å². The summed E-state index contributed by atoms with van der Waals surface area (Å²) in [5.41, 5.74) is 2.94. The standard InChI is InChI=1S/C45H47NO9/c1-44(2,3)54-40(49)25-24-36(29-47)46-42(50)33-27-38(52-43(51)32-18-13-15-30(26-32)14-12-17-31-16-10-11-23-37(31)48)41-39(28-33)53-45(55-41,34-19-6-4-7-20-34)35-21-8-5-9-22-35/h4-16,18-23,26,28,36,38-39,41,47-48H,17,24-25,27,29H2,1-3H3,(H,46,50)/t36-,38+,39+,41-/m0/s1. The molecule has 6 rings (SSSR count). The number of phenolic OH excluding ortho intramolecular Hbond substituents is 1. The number of carbonyl (C=O) groups is 3. The van der Waals surface area contributed by atoms with Gasteiger partial charge in [-0.05, 0) is 69.0 Å². The number of carbonyl (C=O) groups excluding carboxylic acids is 3. The quantitative estimate of drug-likeness (QED) is 0.126. The Morgan fingerprint density at radius 3 is 2.24 bits per heavy atom. The highest BCUT2D eigenvalue weighted by Gasteiger charge is 2.55. The van der Waals surface area contributed by atoms with Gasteiger partial charge in [0.1, 0.15) is 29.7 Å². The maximum Gasteiger partial charge on any atom is 0.338 e. The van der Waals surface area contributed by atoms with Gasteiger partial charge in [-0.3, -0.25) is 9.59 Å². The number of rotatable bonds is 13. The fraction of sp³-hybridized carbons (Fsp3) is 0.311. The molecule has 0 spiro atoms. The summed E-state index contributed by atoms with van der Waals surface area (Å²) in [6.45, 7) is 4.93. The molecule has 2 aliphatic rings. The number of phenols is 1. The van der Waals surface area contributed by atoms with E-state index in [-0.39, 0.29) is 30.6 Å². The van der Waals surface area contributed by atoms with E-state index in [0.717, 1.165) is 22.3 Å². The molecular weight excluding hydrogens is 698 g/mol. The number of amides is 1. The second kappa shape index (κ2) is 17.3. The molecule has 286 valence electrons. The van der Waals surface area contributed by atoms with E-state index in [1.165, 1.54) is 0 Å². The number of benzene rings is 4. The summed E-state index contributed by atoms with van der Waals surface area (Å²) in [4.78, 5) is 40.1. The molecule has 0 aromatic heterocycles. The molecule has 1 saturated heterocycles. The predicted octanol–water partition coefficient (Wildman–Crippen LogP) is 6.79. The van der Waals surface area contributed by atoms with E-state index < -0.39 is 60.2 Å².